The van der Waals surface area contributed by atoms with Crippen LogP contribution in [0.25, 0.3) is 28.0 Å². The van der Waals surface area contributed by atoms with Crippen molar-refractivity contribution in [2.24, 2.45) is 5.73 Å². The van der Waals surface area contributed by atoms with Crippen LogP contribution < -0.4 is 10.6 Å². The lowest BCUT2D eigenvalue weighted by Gasteiger charge is -2.32. The molecular weight excluding hydrogens is 501 g/mol. The number of fused-ring (bicyclic) bond motifs is 1. The summed E-state index contributed by atoms with van der Waals surface area (Å²) in [7, 11) is 0. The summed E-state index contributed by atoms with van der Waals surface area (Å²) in [5.74, 6) is -0.726. The molecule has 4 aromatic heterocycles. The van der Waals surface area contributed by atoms with Crippen molar-refractivity contribution in [3.8, 4) is 28.6 Å². The molecule has 0 aliphatic carbocycles. The largest absolute Gasteiger partial charge is 0.451 e. The first-order valence-corrected chi connectivity index (χ1v) is 12.0. The molecule has 0 unspecified atom stereocenters. The number of aromatic nitrogens is 4. The van der Waals surface area contributed by atoms with Crippen molar-refractivity contribution in [1.82, 2.24) is 19.6 Å². The van der Waals surface area contributed by atoms with Crippen LogP contribution in [0.5, 0.6) is 0 Å². The Labute approximate surface area is 222 Å². The number of amides is 1. The molecule has 10 nitrogen and oxygen atoms in total. The normalized spacial score (nSPS) is 12.3. The van der Waals surface area contributed by atoms with Gasteiger partial charge in [0.25, 0.3) is 5.91 Å². The van der Waals surface area contributed by atoms with Crippen LogP contribution in [0.3, 0.4) is 0 Å². The van der Waals surface area contributed by atoms with Gasteiger partial charge in [-0.05, 0) is 56.3 Å². The van der Waals surface area contributed by atoms with Gasteiger partial charge in [0, 0.05) is 29.2 Å². The van der Waals surface area contributed by atoms with E-state index in [1.807, 2.05) is 18.2 Å². The van der Waals surface area contributed by atoms with Gasteiger partial charge in [0.1, 0.15) is 24.2 Å². The van der Waals surface area contributed by atoms with E-state index in [9.17, 15) is 15.2 Å². The number of hydrogen-bond donors (Lipinski definition) is 2. The number of hydrogen-bond acceptors (Lipinski definition) is 8. The van der Waals surface area contributed by atoms with Crippen LogP contribution in [-0.4, -0.2) is 48.9 Å². The van der Waals surface area contributed by atoms with E-state index >= 15 is 4.39 Å². The zero-order chi connectivity index (χ0) is 27.7. The summed E-state index contributed by atoms with van der Waals surface area (Å²) in [4.78, 5) is 22.1. The Morgan fingerprint density at radius 2 is 2.05 bits per heavy atom. The highest BCUT2D eigenvalue weighted by Crippen LogP contribution is 2.38. The summed E-state index contributed by atoms with van der Waals surface area (Å²) in [6, 6.07) is 14.4. The molecule has 1 aromatic carbocycles. The molecule has 3 N–H and O–H groups in total. The smallest absolute Gasteiger partial charge is 0.252 e. The SMILES string of the molecule is CC(C)(O)[C@H](F)CN(c1ccc(-c2cocn2)c(-c2ccc3cc(C#N)cnn23)c1)c1ccncc1C(N)=O. The number of aliphatic hydroxyl groups is 1. The van der Waals surface area contributed by atoms with Crippen molar-refractivity contribution in [3.63, 3.8) is 0 Å². The molecule has 1 amide bonds. The Morgan fingerprint density at radius 1 is 1.23 bits per heavy atom. The second-order valence-corrected chi connectivity index (χ2v) is 9.50. The van der Waals surface area contributed by atoms with E-state index in [-0.39, 0.29) is 12.1 Å². The van der Waals surface area contributed by atoms with Gasteiger partial charge in [-0.25, -0.2) is 13.9 Å². The maximum atomic E-state index is 15.3. The van der Waals surface area contributed by atoms with Crippen molar-refractivity contribution < 1.29 is 18.7 Å². The van der Waals surface area contributed by atoms with E-state index in [4.69, 9.17) is 10.2 Å². The lowest BCUT2D eigenvalue weighted by Crippen LogP contribution is -2.41. The fourth-order valence-electron chi connectivity index (χ4n) is 4.28. The highest BCUT2D eigenvalue weighted by Gasteiger charge is 2.31. The molecule has 0 bridgehead atoms. The molecule has 196 valence electrons. The Hall–Kier alpha value is -5.08. The van der Waals surface area contributed by atoms with Gasteiger partial charge in [-0.15, -0.1) is 0 Å². The van der Waals surface area contributed by atoms with Gasteiger partial charge in [-0.2, -0.15) is 10.4 Å². The van der Waals surface area contributed by atoms with Gasteiger partial charge in [-0.3, -0.25) is 9.78 Å². The molecule has 39 heavy (non-hydrogen) atoms. The first-order chi connectivity index (χ1) is 18.7. The molecule has 0 radical (unpaired) electrons. The summed E-state index contributed by atoms with van der Waals surface area (Å²) in [5, 5.41) is 24.1. The van der Waals surface area contributed by atoms with Gasteiger partial charge in [0.2, 0.25) is 0 Å². The van der Waals surface area contributed by atoms with Crippen LogP contribution in [0.15, 0.2) is 78.1 Å². The number of halogens is 1. The maximum absolute atomic E-state index is 15.3. The number of nitriles is 1. The van der Waals surface area contributed by atoms with E-state index < -0.39 is 17.7 Å². The quantitative estimate of drug-likeness (QED) is 0.305. The van der Waals surface area contributed by atoms with Crippen LogP contribution in [0.4, 0.5) is 15.8 Å². The van der Waals surface area contributed by atoms with Gasteiger partial charge in [0.15, 0.2) is 6.39 Å². The minimum Gasteiger partial charge on any atom is -0.451 e. The van der Waals surface area contributed by atoms with Crippen molar-refractivity contribution in [3.05, 3.63) is 84.8 Å². The van der Waals surface area contributed by atoms with E-state index in [2.05, 4.69) is 21.1 Å². The number of rotatable bonds is 8. The molecule has 5 aromatic rings. The number of oxazole rings is 1. The lowest BCUT2D eigenvalue weighted by atomic mass is 9.99. The summed E-state index contributed by atoms with van der Waals surface area (Å²) >= 11 is 0. The fourth-order valence-corrected chi connectivity index (χ4v) is 4.28. The number of primary amides is 1. The summed E-state index contributed by atoms with van der Waals surface area (Å²) in [5.41, 5.74) is 8.67. The molecule has 0 fully saturated rings. The van der Waals surface area contributed by atoms with E-state index in [1.54, 1.807) is 33.7 Å². The van der Waals surface area contributed by atoms with Gasteiger partial charge >= 0.3 is 0 Å². The second kappa shape index (κ2) is 10.00. The van der Waals surface area contributed by atoms with E-state index in [1.165, 1.54) is 45.1 Å². The third-order valence-corrected chi connectivity index (χ3v) is 6.39. The molecule has 0 aliphatic heterocycles. The topological polar surface area (TPSA) is 147 Å². The fraction of sp³-hybridized carbons (Fsp3) is 0.179. The first kappa shape index (κ1) is 25.6. The highest BCUT2D eigenvalue weighted by atomic mass is 19.1. The summed E-state index contributed by atoms with van der Waals surface area (Å²) in [6.07, 6.45) is 5.41. The number of anilines is 2. The van der Waals surface area contributed by atoms with Crippen molar-refractivity contribution >= 4 is 22.8 Å². The molecule has 0 spiro atoms. The van der Waals surface area contributed by atoms with Crippen LogP contribution in [0.1, 0.15) is 29.8 Å². The maximum Gasteiger partial charge on any atom is 0.252 e. The minimum atomic E-state index is -1.69. The average molecular weight is 526 g/mol. The predicted octanol–water partition coefficient (Wildman–Crippen LogP) is 4.27. The van der Waals surface area contributed by atoms with Crippen LogP contribution >= 0.6 is 0 Å². The standard InChI is InChI=1S/C28H24FN7O3/c1-28(2,38)26(29)14-35(24-7-8-32-13-22(24)27(31)37)18-3-5-20(23-15-39-16-33-23)21(10-18)25-6-4-19-9-17(11-30)12-34-36(19)25/h3-10,12-13,15-16,26,38H,14H2,1-2H3,(H2,31,37)/t26-/m1/s1. The van der Waals surface area contributed by atoms with Crippen molar-refractivity contribution in [1.29, 1.82) is 5.26 Å². The zero-order valence-electron chi connectivity index (χ0n) is 21.1. The van der Waals surface area contributed by atoms with Crippen molar-refractivity contribution in [2.75, 3.05) is 11.4 Å². The number of alkyl halides is 1. The second-order valence-electron chi connectivity index (χ2n) is 9.50. The average Bonchev–Trinajstić information content (AvgIpc) is 3.61. The van der Waals surface area contributed by atoms with Gasteiger partial charge in [0.05, 0.1) is 46.4 Å². The number of benzene rings is 1. The van der Waals surface area contributed by atoms with Crippen LogP contribution in [-0.2, 0) is 0 Å². The lowest BCUT2D eigenvalue weighted by molar-refractivity contribution is 0.00145. The van der Waals surface area contributed by atoms with Crippen LogP contribution in [0, 0.1) is 11.3 Å². The zero-order valence-corrected chi connectivity index (χ0v) is 21.1. The van der Waals surface area contributed by atoms with Crippen molar-refractivity contribution in [2.45, 2.75) is 25.6 Å². The summed E-state index contributed by atoms with van der Waals surface area (Å²) in [6.45, 7) is 2.48. The van der Waals surface area contributed by atoms with E-state index in [0.29, 0.717) is 45.0 Å². The Morgan fingerprint density at radius 3 is 2.74 bits per heavy atom. The third-order valence-electron chi connectivity index (χ3n) is 6.39. The molecule has 0 saturated carbocycles. The van der Waals surface area contributed by atoms with Crippen LogP contribution in [0.2, 0.25) is 0 Å². The molecule has 4 heterocycles. The Balaban J connectivity index is 1.73. The number of nitrogens with two attached hydrogens (primary N) is 1. The molecule has 0 saturated heterocycles. The summed E-state index contributed by atoms with van der Waals surface area (Å²) < 4.78 is 22.2. The first-order valence-electron chi connectivity index (χ1n) is 12.0. The third kappa shape index (κ3) is 4.93. The number of carbonyl (C=O) groups is 1. The minimum absolute atomic E-state index is 0.0985. The van der Waals surface area contributed by atoms with E-state index in [0.717, 1.165) is 0 Å². The number of carbonyl (C=O) groups excluding carboxylic acids is 1. The highest BCUT2D eigenvalue weighted by molar-refractivity contribution is 5.99. The molecular formula is C28H24FN7O3. The van der Waals surface area contributed by atoms with Gasteiger partial charge < -0.3 is 20.2 Å². The molecule has 5 rings (SSSR count). The molecule has 1 atom stereocenters. The molecule has 11 heteroatoms. The Bertz CT molecular complexity index is 1700. The monoisotopic (exact) mass is 525 g/mol. The Kier molecular flexibility index (Phi) is 6.55. The predicted molar refractivity (Wildman–Crippen MR) is 142 cm³/mol. The molecule has 0 aliphatic rings. The van der Waals surface area contributed by atoms with Gasteiger partial charge in [-0.1, -0.05) is 0 Å². The number of nitrogens with zero attached hydrogens (tertiary/aromatic N) is 6. The number of pyridine rings is 1.